The highest BCUT2D eigenvalue weighted by atomic mass is 15.0. The Hall–Kier alpha value is -1.49. The van der Waals surface area contributed by atoms with Gasteiger partial charge < -0.3 is 5.32 Å². The number of hydrogen-bond donors (Lipinski definition) is 1. The van der Waals surface area contributed by atoms with Gasteiger partial charge in [-0.2, -0.15) is 0 Å². The summed E-state index contributed by atoms with van der Waals surface area (Å²) >= 11 is 0. The van der Waals surface area contributed by atoms with Crippen molar-refractivity contribution in [2.24, 2.45) is 0 Å². The summed E-state index contributed by atoms with van der Waals surface area (Å²) in [4.78, 5) is 4.27. The summed E-state index contributed by atoms with van der Waals surface area (Å²) in [5.74, 6) is 3.56. The largest absolute Gasteiger partial charge is 0.366 e. The van der Waals surface area contributed by atoms with Gasteiger partial charge in [-0.15, -0.1) is 12.3 Å². The molecule has 0 fully saturated rings. The average Bonchev–Trinajstić information content (AvgIpc) is 2.20. The van der Waals surface area contributed by atoms with Gasteiger partial charge in [0.15, 0.2) is 0 Å². The van der Waals surface area contributed by atoms with E-state index in [1.165, 1.54) is 5.56 Å². The Bertz CT molecular complexity index is 308. The first kappa shape index (κ1) is 10.6. The molecule has 1 rings (SSSR count). The number of anilines is 1. The van der Waals surface area contributed by atoms with Crippen LogP contribution in [0.2, 0.25) is 0 Å². The highest BCUT2D eigenvalue weighted by molar-refractivity contribution is 5.36. The predicted molar refractivity (Wildman–Crippen MR) is 60.1 cm³/mol. The molecule has 0 aliphatic heterocycles. The first-order chi connectivity index (χ1) is 6.76. The Kier molecular flexibility index (Phi) is 4.00. The van der Waals surface area contributed by atoms with E-state index in [1.807, 2.05) is 25.3 Å². The Labute approximate surface area is 85.8 Å². The summed E-state index contributed by atoms with van der Waals surface area (Å²) in [5.41, 5.74) is 1.17. The Morgan fingerprint density at radius 1 is 1.57 bits per heavy atom. The quantitative estimate of drug-likeness (QED) is 0.735. The molecule has 1 unspecified atom stereocenters. The number of pyridine rings is 1. The summed E-state index contributed by atoms with van der Waals surface area (Å²) < 4.78 is 0. The van der Waals surface area contributed by atoms with E-state index in [1.54, 1.807) is 0 Å². The molecule has 0 spiro atoms. The first-order valence-corrected chi connectivity index (χ1v) is 4.89. The number of nitrogens with one attached hydrogen (secondary N) is 1. The van der Waals surface area contributed by atoms with Crippen LogP contribution in [0.5, 0.6) is 0 Å². The SMILES string of the molecule is C#CCC(CC)Nc1ccc(C)cn1. The lowest BCUT2D eigenvalue weighted by Crippen LogP contribution is -2.18. The van der Waals surface area contributed by atoms with Gasteiger partial charge in [-0.25, -0.2) is 4.98 Å². The maximum atomic E-state index is 5.27. The lowest BCUT2D eigenvalue weighted by molar-refractivity contribution is 0.711. The molecule has 1 N–H and O–H groups in total. The minimum Gasteiger partial charge on any atom is -0.366 e. The zero-order valence-corrected chi connectivity index (χ0v) is 8.75. The molecule has 1 atom stereocenters. The zero-order valence-electron chi connectivity index (χ0n) is 8.75. The van der Waals surface area contributed by atoms with Crippen molar-refractivity contribution in [2.75, 3.05) is 5.32 Å². The molecule has 1 aromatic rings. The molecule has 0 aliphatic rings. The number of rotatable bonds is 4. The van der Waals surface area contributed by atoms with E-state index in [0.717, 1.165) is 18.7 Å². The van der Waals surface area contributed by atoms with Gasteiger partial charge in [-0.1, -0.05) is 13.0 Å². The smallest absolute Gasteiger partial charge is 0.126 e. The molecule has 14 heavy (non-hydrogen) atoms. The van der Waals surface area contributed by atoms with Crippen molar-refractivity contribution in [3.8, 4) is 12.3 Å². The molecular formula is C12H16N2. The molecule has 2 nitrogen and oxygen atoms in total. The van der Waals surface area contributed by atoms with Crippen molar-refractivity contribution in [3.05, 3.63) is 23.9 Å². The van der Waals surface area contributed by atoms with Crippen LogP contribution in [0.1, 0.15) is 25.3 Å². The number of hydrogen-bond acceptors (Lipinski definition) is 2. The molecule has 0 saturated carbocycles. The van der Waals surface area contributed by atoms with Crippen LogP contribution in [0.3, 0.4) is 0 Å². The van der Waals surface area contributed by atoms with Crippen molar-refractivity contribution in [3.63, 3.8) is 0 Å². The topological polar surface area (TPSA) is 24.9 Å². The van der Waals surface area contributed by atoms with Gasteiger partial charge in [0.05, 0.1) is 0 Å². The number of aromatic nitrogens is 1. The second kappa shape index (κ2) is 5.29. The highest BCUT2D eigenvalue weighted by Gasteiger charge is 2.03. The second-order valence-corrected chi connectivity index (χ2v) is 3.38. The molecule has 1 heterocycles. The minimum atomic E-state index is 0.329. The molecule has 0 aromatic carbocycles. The van der Waals surface area contributed by atoms with E-state index in [2.05, 4.69) is 23.1 Å². The van der Waals surface area contributed by atoms with Gasteiger partial charge in [-0.05, 0) is 25.0 Å². The third kappa shape index (κ3) is 3.10. The normalized spacial score (nSPS) is 11.8. The van der Waals surface area contributed by atoms with Gasteiger partial charge in [0.1, 0.15) is 5.82 Å². The molecule has 1 aromatic heterocycles. The minimum absolute atomic E-state index is 0.329. The van der Waals surface area contributed by atoms with Crippen LogP contribution >= 0.6 is 0 Å². The second-order valence-electron chi connectivity index (χ2n) is 3.38. The maximum Gasteiger partial charge on any atom is 0.126 e. The predicted octanol–water partition coefficient (Wildman–Crippen LogP) is 2.60. The Morgan fingerprint density at radius 3 is 2.86 bits per heavy atom. The number of terminal acetylenes is 1. The Balaban J connectivity index is 2.59. The fourth-order valence-electron chi connectivity index (χ4n) is 1.20. The Morgan fingerprint density at radius 2 is 2.36 bits per heavy atom. The van der Waals surface area contributed by atoms with Gasteiger partial charge in [0.2, 0.25) is 0 Å². The zero-order chi connectivity index (χ0) is 10.4. The standard InChI is InChI=1S/C12H16N2/c1-4-6-11(5-2)14-12-8-7-10(3)9-13-12/h1,7-9,11H,5-6H2,2-3H3,(H,13,14). The van der Waals surface area contributed by atoms with Crippen LogP contribution in [0, 0.1) is 19.3 Å². The fraction of sp³-hybridized carbons (Fsp3) is 0.417. The summed E-state index contributed by atoms with van der Waals surface area (Å²) in [6, 6.07) is 4.35. The molecule has 0 radical (unpaired) electrons. The van der Waals surface area contributed by atoms with E-state index in [-0.39, 0.29) is 0 Å². The lowest BCUT2D eigenvalue weighted by Gasteiger charge is -2.14. The third-order valence-electron chi connectivity index (χ3n) is 2.12. The number of nitrogens with zero attached hydrogens (tertiary/aromatic N) is 1. The van der Waals surface area contributed by atoms with Crippen LogP contribution in [0.25, 0.3) is 0 Å². The lowest BCUT2D eigenvalue weighted by atomic mass is 10.1. The van der Waals surface area contributed by atoms with E-state index < -0.39 is 0 Å². The molecule has 0 aliphatic carbocycles. The molecule has 0 bridgehead atoms. The van der Waals surface area contributed by atoms with Crippen LogP contribution in [0.4, 0.5) is 5.82 Å². The molecule has 0 amide bonds. The van der Waals surface area contributed by atoms with Crippen molar-refractivity contribution in [2.45, 2.75) is 32.7 Å². The number of aryl methyl sites for hydroxylation is 1. The molecule has 74 valence electrons. The van der Waals surface area contributed by atoms with E-state index >= 15 is 0 Å². The van der Waals surface area contributed by atoms with E-state index in [0.29, 0.717) is 6.04 Å². The van der Waals surface area contributed by atoms with Gasteiger partial charge in [-0.3, -0.25) is 0 Å². The highest BCUT2D eigenvalue weighted by Crippen LogP contribution is 2.08. The van der Waals surface area contributed by atoms with Crippen LogP contribution in [-0.2, 0) is 0 Å². The van der Waals surface area contributed by atoms with Crippen molar-refractivity contribution < 1.29 is 0 Å². The first-order valence-electron chi connectivity index (χ1n) is 4.89. The van der Waals surface area contributed by atoms with Crippen LogP contribution in [0.15, 0.2) is 18.3 Å². The summed E-state index contributed by atoms with van der Waals surface area (Å²) in [6.07, 6.45) is 8.88. The third-order valence-corrected chi connectivity index (χ3v) is 2.12. The van der Waals surface area contributed by atoms with E-state index in [9.17, 15) is 0 Å². The summed E-state index contributed by atoms with van der Waals surface area (Å²) in [6.45, 7) is 4.14. The van der Waals surface area contributed by atoms with E-state index in [4.69, 9.17) is 6.42 Å². The van der Waals surface area contributed by atoms with Crippen molar-refractivity contribution in [1.82, 2.24) is 4.98 Å². The summed E-state index contributed by atoms with van der Waals surface area (Å²) in [7, 11) is 0. The van der Waals surface area contributed by atoms with Gasteiger partial charge in [0.25, 0.3) is 0 Å². The monoisotopic (exact) mass is 188 g/mol. The average molecular weight is 188 g/mol. The van der Waals surface area contributed by atoms with Crippen LogP contribution < -0.4 is 5.32 Å². The molecular weight excluding hydrogens is 172 g/mol. The van der Waals surface area contributed by atoms with Gasteiger partial charge in [0, 0.05) is 18.7 Å². The van der Waals surface area contributed by atoms with Gasteiger partial charge >= 0.3 is 0 Å². The van der Waals surface area contributed by atoms with Crippen LogP contribution in [-0.4, -0.2) is 11.0 Å². The van der Waals surface area contributed by atoms with Crippen molar-refractivity contribution in [1.29, 1.82) is 0 Å². The molecule has 0 saturated heterocycles. The van der Waals surface area contributed by atoms with Crippen molar-refractivity contribution >= 4 is 5.82 Å². The molecule has 2 heteroatoms. The fourth-order valence-corrected chi connectivity index (χ4v) is 1.20. The maximum absolute atomic E-state index is 5.27. The summed E-state index contributed by atoms with van der Waals surface area (Å²) in [5, 5.41) is 3.30.